The van der Waals surface area contributed by atoms with Crippen molar-refractivity contribution < 1.29 is 23.0 Å². The number of aliphatic hydroxyl groups excluding tert-OH is 1. The SMILES string of the molecule is OCCOCCCNC1CCN(CC(F)(F)F)CC1. The minimum atomic E-state index is -4.09. The molecule has 1 rings (SSSR count). The second kappa shape index (κ2) is 8.73. The first-order valence-electron chi connectivity index (χ1n) is 6.72. The summed E-state index contributed by atoms with van der Waals surface area (Å²) in [6.07, 6.45) is -1.73. The molecular weight excluding hydrogens is 261 g/mol. The Morgan fingerprint density at radius 2 is 1.89 bits per heavy atom. The molecule has 1 fully saturated rings. The summed E-state index contributed by atoms with van der Waals surface area (Å²) in [6, 6.07) is 0.308. The third-order valence-electron chi connectivity index (χ3n) is 3.12. The normalized spacial score (nSPS) is 18.9. The second-order valence-corrected chi connectivity index (χ2v) is 4.81. The van der Waals surface area contributed by atoms with Gasteiger partial charge in [-0.25, -0.2) is 0 Å². The first-order chi connectivity index (χ1) is 9.01. The Bertz CT molecular complexity index is 232. The molecule has 7 heteroatoms. The van der Waals surface area contributed by atoms with E-state index in [0.29, 0.717) is 32.3 Å². The molecule has 0 spiro atoms. The molecule has 0 unspecified atom stereocenters. The Balaban J connectivity index is 2.01. The molecule has 0 saturated carbocycles. The predicted molar refractivity (Wildman–Crippen MR) is 66.0 cm³/mol. The highest BCUT2D eigenvalue weighted by molar-refractivity contribution is 4.78. The first kappa shape index (κ1) is 16.7. The summed E-state index contributed by atoms with van der Waals surface area (Å²) in [5.41, 5.74) is 0. The van der Waals surface area contributed by atoms with Crippen LogP contribution >= 0.6 is 0 Å². The van der Waals surface area contributed by atoms with Gasteiger partial charge >= 0.3 is 6.18 Å². The van der Waals surface area contributed by atoms with Gasteiger partial charge in [0, 0.05) is 12.6 Å². The molecule has 1 aliphatic rings. The van der Waals surface area contributed by atoms with Crippen molar-refractivity contribution >= 4 is 0 Å². The Kier molecular flexibility index (Phi) is 7.67. The van der Waals surface area contributed by atoms with E-state index in [2.05, 4.69) is 5.32 Å². The van der Waals surface area contributed by atoms with Crippen molar-refractivity contribution in [2.75, 3.05) is 46.0 Å². The lowest BCUT2D eigenvalue weighted by Gasteiger charge is -2.32. The molecule has 0 bridgehead atoms. The van der Waals surface area contributed by atoms with Crippen LogP contribution in [0.2, 0.25) is 0 Å². The zero-order valence-corrected chi connectivity index (χ0v) is 11.1. The van der Waals surface area contributed by atoms with Crippen molar-refractivity contribution in [3.63, 3.8) is 0 Å². The highest BCUT2D eigenvalue weighted by Gasteiger charge is 2.32. The molecule has 0 radical (unpaired) electrons. The van der Waals surface area contributed by atoms with Crippen molar-refractivity contribution in [1.82, 2.24) is 10.2 Å². The van der Waals surface area contributed by atoms with E-state index >= 15 is 0 Å². The molecule has 0 aromatic rings. The molecule has 114 valence electrons. The van der Waals surface area contributed by atoms with Crippen molar-refractivity contribution in [3.05, 3.63) is 0 Å². The molecule has 4 nitrogen and oxygen atoms in total. The molecule has 1 saturated heterocycles. The van der Waals surface area contributed by atoms with Gasteiger partial charge in [0.15, 0.2) is 0 Å². The van der Waals surface area contributed by atoms with Crippen molar-refractivity contribution in [3.8, 4) is 0 Å². The molecule has 0 aromatic heterocycles. The van der Waals surface area contributed by atoms with E-state index in [4.69, 9.17) is 9.84 Å². The lowest BCUT2D eigenvalue weighted by Crippen LogP contribution is -2.45. The molecule has 1 heterocycles. The second-order valence-electron chi connectivity index (χ2n) is 4.81. The largest absolute Gasteiger partial charge is 0.401 e. The van der Waals surface area contributed by atoms with Gasteiger partial charge in [-0.1, -0.05) is 0 Å². The van der Waals surface area contributed by atoms with Crippen LogP contribution in [0.25, 0.3) is 0 Å². The summed E-state index contributed by atoms with van der Waals surface area (Å²) >= 11 is 0. The number of piperidine rings is 1. The number of aliphatic hydroxyl groups is 1. The average molecular weight is 284 g/mol. The number of halogens is 3. The monoisotopic (exact) mass is 284 g/mol. The van der Waals surface area contributed by atoms with E-state index in [9.17, 15) is 13.2 Å². The number of hydrogen-bond donors (Lipinski definition) is 2. The van der Waals surface area contributed by atoms with Crippen molar-refractivity contribution in [2.45, 2.75) is 31.5 Å². The van der Waals surface area contributed by atoms with Gasteiger partial charge < -0.3 is 15.2 Å². The van der Waals surface area contributed by atoms with Crippen LogP contribution in [0.4, 0.5) is 13.2 Å². The fourth-order valence-electron chi connectivity index (χ4n) is 2.20. The minimum Gasteiger partial charge on any atom is -0.394 e. The number of nitrogens with one attached hydrogen (secondary N) is 1. The zero-order chi connectivity index (χ0) is 14.1. The van der Waals surface area contributed by atoms with E-state index < -0.39 is 12.7 Å². The molecule has 0 amide bonds. The summed E-state index contributed by atoms with van der Waals surface area (Å²) in [6.45, 7) is 1.99. The number of ether oxygens (including phenoxy) is 1. The fourth-order valence-corrected chi connectivity index (χ4v) is 2.20. The third kappa shape index (κ3) is 8.41. The molecule has 1 aliphatic heterocycles. The number of likely N-dealkylation sites (tertiary alicyclic amines) is 1. The van der Waals surface area contributed by atoms with Gasteiger partial charge in [-0.15, -0.1) is 0 Å². The average Bonchev–Trinajstić information content (AvgIpc) is 2.34. The van der Waals surface area contributed by atoms with Gasteiger partial charge in [0.1, 0.15) is 0 Å². The fraction of sp³-hybridized carbons (Fsp3) is 1.00. The quantitative estimate of drug-likeness (QED) is 0.653. The van der Waals surface area contributed by atoms with Gasteiger partial charge in [-0.3, -0.25) is 4.90 Å². The van der Waals surface area contributed by atoms with Crippen LogP contribution in [0, 0.1) is 0 Å². The van der Waals surface area contributed by atoms with E-state index in [0.717, 1.165) is 25.8 Å². The maximum Gasteiger partial charge on any atom is 0.401 e. The number of nitrogens with zero attached hydrogens (tertiary/aromatic N) is 1. The number of alkyl halides is 3. The lowest BCUT2D eigenvalue weighted by molar-refractivity contribution is -0.148. The summed E-state index contributed by atoms with van der Waals surface area (Å²) in [5.74, 6) is 0. The Morgan fingerprint density at radius 3 is 2.47 bits per heavy atom. The first-order valence-corrected chi connectivity index (χ1v) is 6.72. The molecular formula is C12H23F3N2O2. The summed E-state index contributed by atoms with van der Waals surface area (Å²) in [7, 11) is 0. The summed E-state index contributed by atoms with van der Waals surface area (Å²) in [5, 5.41) is 11.8. The van der Waals surface area contributed by atoms with Crippen LogP contribution < -0.4 is 5.32 Å². The van der Waals surface area contributed by atoms with Crippen LogP contribution in [-0.2, 0) is 4.74 Å². The Morgan fingerprint density at radius 1 is 1.21 bits per heavy atom. The van der Waals surface area contributed by atoms with E-state index in [-0.39, 0.29) is 6.61 Å². The van der Waals surface area contributed by atoms with Crippen LogP contribution in [-0.4, -0.2) is 68.2 Å². The molecule has 0 aliphatic carbocycles. The van der Waals surface area contributed by atoms with E-state index in [1.165, 1.54) is 4.90 Å². The van der Waals surface area contributed by atoms with Gasteiger partial charge in [0.25, 0.3) is 0 Å². The van der Waals surface area contributed by atoms with Gasteiger partial charge in [0.2, 0.25) is 0 Å². The van der Waals surface area contributed by atoms with Crippen molar-refractivity contribution in [2.24, 2.45) is 0 Å². The topological polar surface area (TPSA) is 44.7 Å². The Labute approximate surface area is 111 Å². The van der Waals surface area contributed by atoms with Crippen LogP contribution in [0.3, 0.4) is 0 Å². The van der Waals surface area contributed by atoms with Crippen LogP contribution in [0.5, 0.6) is 0 Å². The molecule has 19 heavy (non-hydrogen) atoms. The maximum atomic E-state index is 12.2. The molecule has 0 atom stereocenters. The molecule has 0 aromatic carbocycles. The summed E-state index contributed by atoms with van der Waals surface area (Å²) < 4.78 is 41.7. The van der Waals surface area contributed by atoms with Crippen LogP contribution in [0.15, 0.2) is 0 Å². The molecule has 2 N–H and O–H groups in total. The predicted octanol–water partition coefficient (Wildman–Crippen LogP) is 1.00. The maximum absolute atomic E-state index is 12.2. The highest BCUT2D eigenvalue weighted by Crippen LogP contribution is 2.19. The van der Waals surface area contributed by atoms with Gasteiger partial charge in [-0.2, -0.15) is 13.2 Å². The van der Waals surface area contributed by atoms with E-state index in [1.807, 2.05) is 0 Å². The minimum absolute atomic E-state index is 0.0328. The third-order valence-corrected chi connectivity index (χ3v) is 3.12. The van der Waals surface area contributed by atoms with E-state index in [1.54, 1.807) is 0 Å². The van der Waals surface area contributed by atoms with Gasteiger partial charge in [-0.05, 0) is 38.9 Å². The van der Waals surface area contributed by atoms with Crippen molar-refractivity contribution in [1.29, 1.82) is 0 Å². The highest BCUT2D eigenvalue weighted by atomic mass is 19.4. The smallest absolute Gasteiger partial charge is 0.394 e. The number of rotatable bonds is 8. The van der Waals surface area contributed by atoms with Crippen LogP contribution in [0.1, 0.15) is 19.3 Å². The number of hydrogen-bond acceptors (Lipinski definition) is 4. The lowest BCUT2D eigenvalue weighted by atomic mass is 10.1. The standard InChI is InChI=1S/C12H23F3N2O2/c13-12(14,15)10-17-5-2-11(3-6-17)16-4-1-8-19-9-7-18/h11,16,18H,1-10H2. The van der Waals surface area contributed by atoms with Gasteiger partial charge in [0.05, 0.1) is 19.8 Å². The Hall–Kier alpha value is -0.370. The summed E-state index contributed by atoms with van der Waals surface area (Å²) in [4.78, 5) is 1.46. The zero-order valence-electron chi connectivity index (χ0n) is 11.1.